The molecular formula is C12H13BrN2O. The van der Waals surface area contributed by atoms with Crippen molar-refractivity contribution in [2.24, 2.45) is 11.7 Å². The normalized spacial score (nSPS) is 23.4. The maximum Gasteiger partial charge on any atom is 0.231 e. The van der Waals surface area contributed by atoms with Crippen LogP contribution in [0.25, 0.3) is 0 Å². The lowest BCUT2D eigenvalue weighted by atomic mass is 10.1. The van der Waals surface area contributed by atoms with Crippen molar-refractivity contribution in [3.8, 4) is 0 Å². The smallest absolute Gasteiger partial charge is 0.231 e. The van der Waals surface area contributed by atoms with E-state index in [4.69, 9.17) is 5.73 Å². The SMILES string of the molecule is NC1C=CC(C(=O)Nc2ccccc2Br)C1. The number of halogens is 1. The Balaban J connectivity index is 2.03. The molecule has 3 nitrogen and oxygen atoms in total. The fraction of sp³-hybridized carbons (Fsp3) is 0.250. The van der Waals surface area contributed by atoms with Crippen molar-refractivity contribution < 1.29 is 4.79 Å². The highest BCUT2D eigenvalue weighted by Crippen LogP contribution is 2.24. The van der Waals surface area contributed by atoms with Crippen molar-refractivity contribution in [2.75, 3.05) is 5.32 Å². The second-order valence-corrected chi connectivity index (χ2v) is 4.71. The van der Waals surface area contributed by atoms with Crippen LogP contribution < -0.4 is 11.1 Å². The Morgan fingerprint density at radius 3 is 2.75 bits per heavy atom. The van der Waals surface area contributed by atoms with Crippen molar-refractivity contribution in [1.29, 1.82) is 0 Å². The maximum absolute atomic E-state index is 11.9. The zero-order valence-corrected chi connectivity index (χ0v) is 10.3. The van der Waals surface area contributed by atoms with Gasteiger partial charge in [-0.15, -0.1) is 0 Å². The number of para-hydroxylation sites is 1. The number of rotatable bonds is 2. The van der Waals surface area contributed by atoms with E-state index in [9.17, 15) is 4.79 Å². The lowest BCUT2D eigenvalue weighted by molar-refractivity contribution is -0.118. The predicted octanol–water partition coefficient (Wildman–Crippen LogP) is 2.29. The maximum atomic E-state index is 11.9. The van der Waals surface area contributed by atoms with E-state index in [1.807, 2.05) is 36.4 Å². The molecular weight excluding hydrogens is 268 g/mol. The first-order valence-corrected chi connectivity index (χ1v) is 5.95. The van der Waals surface area contributed by atoms with Gasteiger partial charge in [0.15, 0.2) is 0 Å². The zero-order valence-electron chi connectivity index (χ0n) is 8.69. The number of nitrogens with two attached hydrogens (primary N) is 1. The van der Waals surface area contributed by atoms with Gasteiger partial charge in [0.1, 0.15) is 0 Å². The van der Waals surface area contributed by atoms with Crippen LogP contribution in [-0.2, 0) is 4.79 Å². The highest BCUT2D eigenvalue weighted by molar-refractivity contribution is 9.10. The first-order valence-electron chi connectivity index (χ1n) is 5.16. The molecule has 0 fully saturated rings. The highest BCUT2D eigenvalue weighted by atomic mass is 79.9. The fourth-order valence-corrected chi connectivity index (χ4v) is 2.09. The Morgan fingerprint density at radius 1 is 1.38 bits per heavy atom. The lowest BCUT2D eigenvalue weighted by Gasteiger charge is -2.11. The Kier molecular flexibility index (Phi) is 3.41. The molecule has 84 valence electrons. The quantitative estimate of drug-likeness (QED) is 0.817. The summed E-state index contributed by atoms with van der Waals surface area (Å²) in [5.74, 6) is -0.113. The van der Waals surface area contributed by atoms with Gasteiger partial charge in [0.2, 0.25) is 5.91 Å². The van der Waals surface area contributed by atoms with Gasteiger partial charge < -0.3 is 11.1 Å². The molecule has 2 unspecified atom stereocenters. The van der Waals surface area contributed by atoms with Crippen LogP contribution >= 0.6 is 15.9 Å². The molecule has 3 N–H and O–H groups in total. The molecule has 0 bridgehead atoms. The van der Waals surface area contributed by atoms with E-state index in [0.717, 1.165) is 10.2 Å². The van der Waals surface area contributed by atoms with Gasteiger partial charge in [0.25, 0.3) is 0 Å². The summed E-state index contributed by atoms with van der Waals surface area (Å²) in [6, 6.07) is 7.56. The van der Waals surface area contributed by atoms with Crippen LogP contribution in [0.3, 0.4) is 0 Å². The van der Waals surface area contributed by atoms with Crippen molar-refractivity contribution >= 4 is 27.5 Å². The topological polar surface area (TPSA) is 55.1 Å². The molecule has 16 heavy (non-hydrogen) atoms. The van der Waals surface area contributed by atoms with Crippen LogP contribution in [0.4, 0.5) is 5.69 Å². The summed E-state index contributed by atoms with van der Waals surface area (Å²) < 4.78 is 0.884. The van der Waals surface area contributed by atoms with Crippen LogP contribution in [0.15, 0.2) is 40.9 Å². The third-order valence-corrected chi connectivity index (χ3v) is 3.28. The Bertz CT molecular complexity index is 431. The van der Waals surface area contributed by atoms with Crippen molar-refractivity contribution in [3.05, 3.63) is 40.9 Å². The number of amides is 1. The molecule has 0 heterocycles. The molecule has 1 amide bonds. The first-order chi connectivity index (χ1) is 7.66. The van der Waals surface area contributed by atoms with Gasteiger partial charge >= 0.3 is 0 Å². The number of hydrogen-bond acceptors (Lipinski definition) is 2. The monoisotopic (exact) mass is 280 g/mol. The number of carbonyl (C=O) groups excluding carboxylic acids is 1. The number of benzene rings is 1. The van der Waals surface area contributed by atoms with Gasteiger partial charge in [-0.05, 0) is 34.5 Å². The van der Waals surface area contributed by atoms with Crippen LogP contribution in [0, 0.1) is 5.92 Å². The molecule has 4 heteroatoms. The zero-order chi connectivity index (χ0) is 11.5. The number of anilines is 1. The summed E-state index contributed by atoms with van der Waals surface area (Å²) >= 11 is 3.39. The fourth-order valence-electron chi connectivity index (χ4n) is 1.71. The largest absolute Gasteiger partial charge is 0.325 e. The summed E-state index contributed by atoms with van der Waals surface area (Å²) in [6.45, 7) is 0. The lowest BCUT2D eigenvalue weighted by Crippen LogP contribution is -2.24. The van der Waals surface area contributed by atoms with Gasteiger partial charge in [-0.25, -0.2) is 0 Å². The molecule has 2 atom stereocenters. The van der Waals surface area contributed by atoms with Crippen molar-refractivity contribution in [1.82, 2.24) is 0 Å². The predicted molar refractivity (Wildman–Crippen MR) is 68.0 cm³/mol. The van der Waals surface area contributed by atoms with Crippen molar-refractivity contribution in [3.63, 3.8) is 0 Å². The number of nitrogens with one attached hydrogen (secondary N) is 1. The summed E-state index contributed by atoms with van der Waals surface area (Å²) in [5, 5.41) is 2.88. The van der Waals surface area contributed by atoms with E-state index in [-0.39, 0.29) is 17.9 Å². The minimum Gasteiger partial charge on any atom is -0.325 e. The molecule has 1 aliphatic carbocycles. The minimum absolute atomic E-state index is 0.00361. The van der Waals surface area contributed by atoms with Crippen LogP contribution in [0.2, 0.25) is 0 Å². The van der Waals surface area contributed by atoms with E-state index in [1.54, 1.807) is 0 Å². The standard InChI is InChI=1S/C12H13BrN2O/c13-10-3-1-2-4-11(10)15-12(16)8-5-6-9(14)7-8/h1-6,8-9H,7,14H2,(H,15,16). The molecule has 1 aromatic rings. The Morgan fingerprint density at radius 2 is 2.12 bits per heavy atom. The van der Waals surface area contributed by atoms with Gasteiger partial charge in [-0.2, -0.15) is 0 Å². The summed E-state index contributed by atoms with van der Waals surface area (Å²) in [5.41, 5.74) is 6.50. The van der Waals surface area contributed by atoms with E-state index in [0.29, 0.717) is 6.42 Å². The van der Waals surface area contributed by atoms with Gasteiger partial charge in [0, 0.05) is 10.5 Å². The van der Waals surface area contributed by atoms with Crippen LogP contribution in [0.5, 0.6) is 0 Å². The Labute approximate surface area is 103 Å². The highest BCUT2D eigenvalue weighted by Gasteiger charge is 2.22. The Hall–Kier alpha value is -1.13. The average Bonchev–Trinajstić information content (AvgIpc) is 2.68. The third kappa shape index (κ3) is 2.51. The van der Waals surface area contributed by atoms with Gasteiger partial charge in [-0.1, -0.05) is 24.3 Å². The van der Waals surface area contributed by atoms with Crippen LogP contribution in [-0.4, -0.2) is 11.9 Å². The van der Waals surface area contributed by atoms with E-state index in [1.165, 1.54) is 0 Å². The summed E-state index contributed by atoms with van der Waals surface area (Å²) in [7, 11) is 0. The molecule has 0 aliphatic heterocycles. The molecule has 1 aliphatic rings. The summed E-state index contributed by atoms with van der Waals surface area (Å²) in [4.78, 5) is 11.9. The first kappa shape index (κ1) is 11.4. The van der Waals surface area contributed by atoms with E-state index >= 15 is 0 Å². The second kappa shape index (κ2) is 4.80. The van der Waals surface area contributed by atoms with Gasteiger partial charge in [0.05, 0.1) is 11.6 Å². The third-order valence-electron chi connectivity index (χ3n) is 2.59. The molecule has 1 aromatic carbocycles. The minimum atomic E-state index is -0.109. The number of hydrogen-bond donors (Lipinski definition) is 2. The molecule has 0 saturated carbocycles. The van der Waals surface area contributed by atoms with E-state index in [2.05, 4.69) is 21.2 Å². The van der Waals surface area contributed by atoms with E-state index < -0.39 is 0 Å². The molecule has 0 saturated heterocycles. The molecule has 0 spiro atoms. The van der Waals surface area contributed by atoms with Crippen molar-refractivity contribution in [2.45, 2.75) is 12.5 Å². The second-order valence-electron chi connectivity index (χ2n) is 3.86. The summed E-state index contributed by atoms with van der Waals surface area (Å²) in [6.07, 6.45) is 4.44. The van der Waals surface area contributed by atoms with Gasteiger partial charge in [-0.3, -0.25) is 4.79 Å². The van der Waals surface area contributed by atoms with Crippen LogP contribution in [0.1, 0.15) is 6.42 Å². The number of carbonyl (C=O) groups is 1. The average molecular weight is 281 g/mol. The molecule has 0 radical (unpaired) electrons. The molecule has 2 rings (SSSR count). The molecule has 0 aromatic heterocycles.